The Balaban J connectivity index is 1.33. The second kappa shape index (κ2) is 10.5. The molecule has 2 aromatic rings. The second-order valence-electron chi connectivity index (χ2n) is 11.2. The topological polar surface area (TPSA) is 59.0 Å². The first kappa shape index (κ1) is 28.0. The average Bonchev–Trinajstić information content (AvgIpc) is 3.71. The average molecular weight is 570 g/mol. The molecule has 0 amide bonds. The highest BCUT2D eigenvalue weighted by Crippen LogP contribution is 2.50. The standard InChI is InChI=1S/C29H32ClF4NO4/c1-16(27(36)37)24(18-3-4-18)21-7-5-19-9-10-28(39-26(19)25(21)31)11-13-35(14-12-28)17(2)22-15-20(30)6-8-23(22)38-29(32,33)34/h5-8,15-18,24H,3-4,9-14H2,1-2H3,(H,36,37). The highest BCUT2D eigenvalue weighted by atomic mass is 35.5. The van der Waals surface area contributed by atoms with E-state index in [9.17, 15) is 23.1 Å². The number of carbonyl (C=O) groups is 1. The number of rotatable bonds is 7. The van der Waals surface area contributed by atoms with Gasteiger partial charge in [-0.1, -0.05) is 30.7 Å². The Kier molecular flexibility index (Phi) is 7.52. The minimum absolute atomic E-state index is 0.156. The Bertz CT molecular complexity index is 1240. The van der Waals surface area contributed by atoms with Crippen LogP contribution < -0.4 is 9.47 Å². The van der Waals surface area contributed by atoms with Gasteiger partial charge in [-0.3, -0.25) is 9.69 Å². The van der Waals surface area contributed by atoms with Crippen molar-refractivity contribution in [3.05, 3.63) is 57.9 Å². The molecule has 1 N–H and O–H groups in total. The fourth-order valence-electron chi connectivity index (χ4n) is 6.28. The van der Waals surface area contributed by atoms with Gasteiger partial charge in [0.15, 0.2) is 11.6 Å². The molecular formula is C29H32ClF4NO4. The number of alkyl halides is 3. The molecule has 0 radical (unpaired) electrons. The van der Waals surface area contributed by atoms with Gasteiger partial charge in [-0.25, -0.2) is 4.39 Å². The highest BCUT2D eigenvalue weighted by Gasteiger charge is 2.45. The van der Waals surface area contributed by atoms with Crippen molar-refractivity contribution in [1.29, 1.82) is 0 Å². The fraction of sp³-hybridized carbons (Fsp3) is 0.552. The van der Waals surface area contributed by atoms with E-state index >= 15 is 4.39 Å². The molecule has 212 valence electrons. The minimum Gasteiger partial charge on any atom is -0.484 e. The van der Waals surface area contributed by atoms with Gasteiger partial charge in [-0.05, 0) is 80.7 Å². The van der Waals surface area contributed by atoms with E-state index in [4.69, 9.17) is 16.3 Å². The summed E-state index contributed by atoms with van der Waals surface area (Å²) in [4.78, 5) is 13.8. The number of fused-ring (bicyclic) bond motifs is 1. The van der Waals surface area contributed by atoms with Crippen molar-refractivity contribution in [1.82, 2.24) is 4.90 Å². The van der Waals surface area contributed by atoms with Crippen LogP contribution in [0.2, 0.25) is 5.02 Å². The smallest absolute Gasteiger partial charge is 0.484 e. The zero-order chi connectivity index (χ0) is 28.1. The summed E-state index contributed by atoms with van der Waals surface area (Å²) in [6.45, 7) is 4.53. The van der Waals surface area contributed by atoms with E-state index in [1.165, 1.54) is 18.2 Å². The lowest BCUT2D eigenvalue weighted by Gasteiger charge is -2.46. The summed E-state index contributed by atoms with van der Waals surface area (Å²) in [5.41, 5.74) is 0.950. The number of likely N-dealkylation sites (tertiary alicyclic amines) is 1. The monoisotopic (exact) mass is 569 g/mol. The van der Waals surface area contributed by atoms with Gasteiger partial charge in [0.25, 0.3) is 0 Å². The van der Waals surface area contributed by atoms with Gasteiger partial charge in [0.1, 0.15) is 11.4 Å². The molecule has 0 aromatic heterocycles. The summed E-state index contributed by atoms with van der Waals surface area (Å²) in [6.07, 6.45) is -0.538. The summed E-state index contributed by atoms with van der Waals surface area (Å²) in [6, 6.07) is 7.29. The van der Waals surface area contributed by atoms with E-state index in [-0.39, 0.29) is 17.4 Å². The molecule has 5 rings (SSSR count). The number of aliphatic carboxylic acids is 1. The number of nitrogens with zero attached hydrogens (tertiary/aromatic N) is 1. The van der Waals surface area contributed by atoms with Crippen molar-refractivity contribution in [3.8, 4) is 11.5 Å². The van der Waals surface area contributed by atoms with Gasteiger partial charge in [0.05, 0.1) is 5.92 Å². The van der Waals surface area contributed by atoms with E-state index < -0.39 is 41.6 Å². The van der Waals surface area contributed by atoms with Gasteiger partial charge >= 0.3 is 12.3 Å². The van der Waals surface area contributed by atoms with E-state index in [0.29, 0.717) is 54.9 Å². The van der Waals surface area contributed by atoms with Crippen LogP contribution in [0.4, 0.5) is 17.6 Å². The lowest BCUT2D eigenvalue weighted by molar-refractivity contribution is -0.275. The maximum absolute atomic E-state index is 16.0. The first-order valence-corrected chi connectivity index (χ1v) is 13.8. The van der Waals surface area contributed by atoms with Crippen LogP contribution in [0.15, 0.2) is 30.3 Å². The van der Waals surface area contributed by atoms with Crippen molar-refractivity contribution >= 4 is 17.6 Å². The minimum atomic E-state index is -4.82. The maximum Gasteiger partial charge on any atom is 0.573 e. The van der Waals surface area contributed by atoms with Crippen molar-refractivity contribution in [2.24, 2.45) is 11.8 Å². The molecule has 1 saturated heterocycles. The summed E-state index contributed by atoms with van der Waals surface area (Å²) in [5.74, 6) is -2.40. The number of aryl methyl sites for hydroxylation is 1. The molecule has 2 aliphatic heterocycles. The number of benzene rings is 2. The molecule has 3 unspecified atom stereocenters. The zero-order valence-electron chi connectivity index (χ0n) is 21.9. The Morgan fingerprint density at radius 1 is 1.13 bits per heavy atom. The third-order valence-electron chi connectivity index (χ3n) is 8.70. The third kappa shape index (κ3) is 5.85. The van der Waals surface area contributed by atoms with E-state index in [0.717, 1.165) is 18.4 Å². The largest absolute Gasteiger partial charge is 0.573 e. The van der Waals surface area contributed by atoms with Crippen LogP contribution in [0.1, 0.15) is 74.6 Å². The number of hydrogen-bond acceptors (Lipinski definition) is 4. The molecule has 1 spiro atoms. The van der Waals surface area contributed by atoms with Crippen LogP contribution >= 0.6 is 11.6 Å². The quantitative estimate of drug-likeness (QED) is 0.350. The number of carboxylic acid groups (broad SMARTS) is 1. The molecular weight excluding hydrogens is 538 g/mol. The molecule has 1 aliphatic carbocycles. The number of piperidine rings is 1. The summed E-state index contributed by atoms with van der Waals surface area (Å²) < 4.78 is 65.6. The molecule has 2 fully saturated rings. The molecule has 2 heterocycles. The van der Waals surface area contributed by atoms with Crippen LogP contribution in [-0.4, -0.2) is 41.0 Å². The molecule has 1 saturated carbocycles. The van der Waals surface area contributed by atoms with Crippen LogP contribution in [-0.2, 0) is 11.2 Å². The first-order chi connectivity index (χ1) is 18.4. The maximum atomic E-state index is 16.0. The Morgan fingerprint density at radius 2 is 1.82 bits per heavy atom. The lowest BCUT2D eigenvalue weighted by Crippen LogP contribution is -2.50. The van der Waals surface area contributed by atoms with E-state index in [2.05, 4.69) is 9.64 Å². The van der Waals surface area contributed by atoms with E-state index in [1.807, 2.05) is 13.0 Å². The predicted molar refractivity (Wildman–Crippen MR) is 138 cm³/mol. The van der Waals surface area contributed by atoms with Crippen LogP contribution in [0.5, 0.6) is 11.5 Å². The van der Waals surface area contributed by atoms with Crippen molar-refractivity contribution in [3.63, 3.8) is 0 Å². The number of carboxylic acids is 1. The molecule has 5 nitrogen and oxygen atoms in total. The van der Waals surface area contributed by atoms with Gasteiger partial charge in [-0.2, -0.15) is 0 Å². The molecule has 0 bridgehead atoms. The normalized spacial score (nSPS) is 21.5. The zero-order valence-corrected chi connectivity index (χ0v) is 22.6. The summed E-state index contributed by atoms with van der Waals surface area (Å²) >= 11 is 6.10. The fourth-order valence-corrected chi connectivity index (χ4v) is 6.46. The second-order valence-corrected chi connectivity index (χ2v) is 11.6. The van der Waals surface area contributed by atoms with Crippen molar-refractivity contribution in [2.75, 3.05) is 13.1 Å². The molecule has 39 heavy (non-hydrogen) atoms. The van der Waals surface area contributed by atoms with Crippen molar-refractivity contribution < 1.29 is 36.9 Å². The Morgan fingerprint density at radius 3 is 2.44 bits per heavy atom. The van der Waals surface area contributed by atoms with Crippen LogP contribution in [0.3, 0.4) is 0 Å². The number of hydrogen-bond donors (Lipinski definition) is 1. The summed E-state index contributed by atoms with van der Waals surface area (Å²) in [7, 11) is 0. The molecule has 3 aliphatic rings. The molecule has 2 aromatic carbocycles. The SMILES string of the molecule is CC(C(=O)O)C(c1ccc2c(c1F)OC1(CC2)CCN(C(C)c2cc(Cl)ccc2OC(F)(F)F)CC1)C1CC1. The van der Waals surface area contributed by atoms with Gasteiger partial charge in [-0.15, -0.1) is 13.2 Å². The molecule has 10 heteroatoms. The van der Waals surface area contributed by atoms with Crippen LogP contribution in [0, 0.1) is 17.7 Å². The highest BCUT2D eigenvalue weighted by molar-refractivity contribution is 6.30. The van der Waals surface area contributed by atoms with Crippen LogP contribution in [0.25, 0.3) is 0 Å². The van der Waals surface area contributed by atoms with Crippen molar-refractivity contribution in [2.45, 2.75) is 76.3 Å². The lowest BCUT2D eigenvalue weighted by atomic mass is 9.79. The first-order valence-electron chi connectivity index (χ1n) is 13.4. The Labute approximate surface area is 230 Å². The number of halogens is 5. The van der Waals surface area contributed by atoms with Gasteiger partial charge in [0.2, 0.25) is 0 Å². The third-order valence-corrected chi connectivity index (χ3v) is 8.93. The predicted octanol–water partition coefficient (Wildman–Crippen LogP) is 7.51. The van der Waals surface area contributed by atoms with E-state index in [1.54, 1.807) is 13.0 Å². The van der Waals surface area contributed by atoms with Gasteiger partial charge < -0.3 is 14.6 Å². The van der Waals surface area contributed by atoms with Gasteiger partial charge in [0, 0.05) is 35.6 Å². The summed E-state index contributed by atoms with van der Waals surface area (Å²) in [5, 5.41) is 9.95. The number of ether oxygens (including phenoxy) is 2. The molecule has 3 atom stereocenters. The Hall–Kier alpha value is -2.52.